The lowest BCUT2D eigenvalue weighted by Crippen LogP contribution is -1.91. The Balaban J connectivity index is 2.92. The predicted molar refractivity (Wildman–Crippen MR) is 55.9 cm³/mol. The second-order valence-electron chi connectivity index (χ2n) is 3.04. The molecule has 0 unspecified atom stereocenters. The molecule has 0 aliphatic heterocycles. The zero-order valence-electron chi connectivity index (χ0n) is 7.21. The van der Waals surface area contributed by atoms with Crippen LogP contribution < -0.4 is 5.73 Å². The molecule has 0 radical (unpaired) electrons. The molecule has 2 nitrogen and oxygen atoms in total. The highest BCUT2D eigenvalue weighted by Crippen LogP contribution is 2.26. The number of anilines is 1. The third-order valence-electron chi connectivity index (χ3n) is 2.03. The largest absolute Gasteiger partial charge is 0.383 e. The van der Waals surface area contributed by atoms with Crippen LogP contribution in [0.15, 0.2) is 24.4 Å². The Morgan fingerprint density at radius 3 is 2.85 bits per heavy atom. The Hall–Kier alpha value is -1.28. The number of fused-ring (bicyclic) bond motifs is 1. The van der Waals surface area contributed by atoms with Crippen LogP contribution in [-0.4, -0.2) is 4.98 Å². The fourth-order valence-electron chi connectivity index (χ4n) is 1.34. The van der Waals surface area contributed by atoms with Crippen molar-refractivity contribution < 1.29 is 0 Å². The van der Waals surface area contributed by atoms with E-state index in [1.807, 2.05) is 25.1 Å². The minimum absolute atomic E-state index is 0.527. The Kier molecular flexibility index (Phi) is 1.85. The molecule has 1 heterocycles. The van der Waals surface area contributed by atoms with Gasteiger partial charge in [0.25, 0.3) is 0 Å². The second kappa shape index (κ2) is 2.89. The van der Waals surface area contributed by atoms with Crippen LogP contribution in [0.1, 0.15) is 5.56 Å². The summed E-state index contributed by atoms with van der Waals surface area (Å²) in [7, 11) is 0. The van der Waals surface area contributed by atoms with Crippen molar-refractivity contribution in [2.75, 3.05) is 5.73 Å². The minimum atomic E-state index is 0.527. The fourth-order valence-corrected chi connectivity index (χ4v) is 1.55. The van der Waals surface area contributed by atoms with Gasteiger partial charge in [-0.15, -0.1) is 0 Å². The smallest absolute Gasteiger partial charge is 0.131 e. The maximum Gasteiger partial charge on any atom is 0.131 e. The molecule has 2 rings (SSSR count). The number of nitrogens with two attached hydrogens (primary N) is 1. The first-order valence-electron chi connectivity index (χ1n) is 3.99. The molecule has 66 valence electrons. The number of aryl methyl sites for hydroxylation is 1. The van der Waals surface area contributed by atoms with Crippen LogP contribution in [0, 0.1) is 6.92 Å². The Bertz CT molecular complexity index is 466. The van der Waals surface area contributed by atoms with E-state index in [0.29, 0.717) is 10.8 Å². The highest BCUT2D eigenvalue weighted by atomic mass is 35.5. The molecule has 2 aromatic rings. The number of rotatable bonds is 0. The van der Waals surface area contributed by atoms with Gasteiger partial charge in [-0.2, -0.15) is 0 Å². The molecule has 0 amide bonds. The third kappa shape index (κ3) is 1.33. The van der Waals surface area contributed by atoms with Crippen LogP contribution in [0.2, 0.25) is 5.02 Å². The number of benzene rings is 1. The normalized spacial score (nSPS) is 10.6. The Morgan fingerprint density at radius 2 is 2.08 bits per heavy atom. The van der Waals surface area contributed by atoms with E-state index in [1.165, 1.54) is 5.56 Å². The molecular formula is C10H9ClN2. The van der Waals surface area contributed by atoms with Crippen molar-refractivity contribution in [1.82, 2.24) is 4.98 Å². The highest BCUT2D eigenvalue weighted by Gasteiger charge is 2.02. The lowest BCUT2D eigenvalue weighted by atomic mass is 10.1. The second-order valence-corrected chi connectivity index (χ2v) is 3.45. The molecule has 0 aliphatic carbocycles. The molecule has 0 bridgehead atoms. The maximum atomic E-state index is 5.98. The van der Waals surface area contributed by atoms with Gasteiger partial charge in [-0.3, -0.25) is 0 Å². The Morgan fingerprint density at radius 1 is 1.31 bits per heavy atom. The van der Waals surface area contributed by atoms with Gasteiger partial charge in [-0.1, -0.05) is 29.3 Å². The standard InChI is InChI=1S/C10H9ClN2/c1-6-2-3-7-8(4-6)9(11)5-13-10(7)12/h2-5H,1H3,(H2,12,13). The van der Waals surface area contributed by atoms with Crippen molar-refractivity contribution >= 4 is 28.2 Å². The van der Waals surface area contributed by atoms with E-state index in [-0.39, 0.29) is 0 Å². The first-order valence-corrected chi connectivity index (χ1v) is 4.36. The summed E-state index contributed by atoms with van der Waals surface area (Å²) in [5.41, 5.74) is 6.87. The van der Waals surface area contributed by atoms with Gasteiger partial charge in [-0.25, -0.2) is 4.98 Å². The number of hydrogen-bond acceptors (Lipinski definition) is 2. The van der Waals surface area contributed by atoms with Gasteiger partial charge in [0, 0.05) is 17.0 Å². The van der Waals surface area contributed by atoms with E-state index in [4.69, 9.17) is 17.3 Å². The van der Waals surface area contributed by atoms with Crippen molar-refractivity contribution in [3.05, 3.63) is 35.0 Å². The molecule has 0 fully saturated rings. The molecule has 1 aromatic carbocycles. The van der Waals surface area contributed by atoms with E-state index in [1.54, 1.807) is 6.20 Å². The topological polar surface area (TPSA) is 38.9 Å². The van der Waals surface area contributed by atoms with Crippen LogP contribution >= 0.6 is 11.6 Å². The van der Waals surface area contributed by atoms with Crippen molar-refractivity contribution in [2.45, 2.75) is 6.92 Å². The number of halogens is 1. The van der Waals surface area contributed by atoms with Crippen LogP contribution in [0.4, 0.5) is 5.82 Å². The first kappa shape index (κ1) is 8.32. The van der Waals surface area contributed by atoms with E-state index >= 15 is 0 Å². The summed E-state index contributed by atoms with van der Waals surface area (Å²) in [6.45, 7) is 2.02. The monoisotopic (exact) mass is 192 g/mol. The molecule has 0 saturated heterocycles. The molecule has 1 aromatic heterocycles. The van der Waals surface area contributed by atoms with Crippen molar-refractivity contribution in [2.24, 2.45) is 0 Å². The van der Waals surface area contributed by atoms with Crippen molar-refractivity contribution in [1.29, 1.82) is 0 Å². The van der Waals surface area contributed by atoms with Gasteiger partial charge >= 0.3 is 0 Å². The molecule has 3 heteroatoms. The average Bonchev–Trinajstić information content (AvgIpc) is 2.12. The maximum absolute atomic E-state index is 5.98. The van der Waals surface area contributed by atoms with Crippen LogP contribution in [-0.2, 0) is 0 Å². The summed E-state index contributed by atoms with van der Waals surface area (Å²) < 4.78 is 0. The summed E-state index contributed by atoms with van der Waals surface area (Å²) in [5, 5.41) is 2.53. The zero-order chi connectivity index (χ0) is 9.42. The quantitative estimate of drug-likeness (QED) is 0.697. The van der Waals surface area contributed by atoms with Crippen LogP contribution in [0.25, 0.3) is 10.8 Å². The molecular weight excluding hydrogens is 184 g/mol. The lowest BCUT2D eigenvalue weighted by Gasteiger charge is -2.03. The van der Waals surface area contributed by atoms with Gasteiger partial charge in [0.1, 0.15) is 5.82 Å². The summed E-state index contributed by atoms with van der Waals surface area (Å²) in [4.78, 5) is 3.98. The molecule has 0 spiro atoms. The molecule has 2 N–H and O–H groups in total. The molecule has 0 saturated carbocycles. The third-order valence-corrected chi connectivity index (χ3v) is 2.33. The highest BCUT2D eigenvalue weighted by molar-refractivity contribution is 6.35. The fraction of sp³-hybridized carbons (Fsp3) is 0.100. The van der Waals surface area contributed by atoms with E-state index in [2.05, 4.69) is 4.98 Å². The molecule has 0 atom stereocenters. The van der Waals surface area contributed by atoms with Crippen LogP contribution in [0.5, 0.6) is 0 Å². The zero-order valence-corrected chi connectivity index (χ0v) is 7.97. The summed E-state index contributed by atoms with van der Waals surface area (Å²) >= 11 is 5.98. The SMILES string of the molecule is Cc1ccc2c(N)ncc(Cl)c2c1. The number of pyridine rings is 1. The number of nitrogen functional groups attached to an aromatic ring is 1. The molecule has 0 aliphatic rings. The number of nitrogens with zero attached hydrogens (tertiary/aromatic N) is 1. The minimum Gasteiger partial charge on any atom is -0.383 e. The van der Waals surface area contributed by atoms with Gasteiger partial charge in [-0.05, 0) is 13.0 Å². The first-order chi connectivity index (χ1) is 6.18. The molecule has 13 heavy (non-hydrogen) atoms. The van der Waals surface area contributed by atoms with E-state index in [9.17, 15) is 0 Å². The predicted octanol–water partition coefficient (Wildman–Crippen LogP) is 2.78. The van der Waals surface area contributed by atoms with Crippen molar-refractivity contribution in [3.63, 3.8) is 0 Å². The number of hydrogen-bond donors (Lipinski definition) is 1. The Labute approximate surface area is 81.3 Å². The van der Waals surface area contributed by atoms with E-state index < -0.39 is 0 Å². The van der Waals surface area contributed by atoms with E-state index in [0.717, 1.165) is 10.8 Å². The van der Waals surface area contributed by atoms with Gasteiger partial charge in [0.2, 0.25) is 0 Å². The summed E-state index contributed by atoms with van der Waals surface area (Å²) in [6.07, 6.45) is 1.58. The summed E-state index contributed by atoms with van der Waals surface area (Å²) in [5.74, 6) is 0.527. The van der Waals surface area contributed by atoms with Crippen LogP contribution in [0.3, 0.4) is 0 Å². The lowest BCUT2D eigenvalue weighted by molar-refractivity contribution is 1.36. The summed E-state index contributed by atoms with van der Waals surface area (Å²) in [6, 6.07) is 5.95. The average molecular weight is 193 g/mol. The van der Waals surface area contributed by atoms with Gasteiger partial charge in [0.05, 0.1) is 5.02 Å². The van der Waals surface area contributed by atoms with Gasteiger partial charge < -0.3 is 5.73 Å². The van der Waals surface area contributed by atoms with Gasteiger partial charge in [0.15, 0.2) is 0 Å². The van der Waals surface area contributed by atoms with Crippen molar-refractivity contribution in [3.8, 4) is 0 Å². The number of aromatic nitrogens is 1.